The summed E-state index contributed by atoms with van der Waals surface area (Å²) in [6.07, 6.45) is 2.00. The first-order valence-electron chi connectivity index (χ1n) is 8.90. The van der Waals surface area contributed by atoms with Gasteiger partial charge >= 0.3 is 11.9 Å². The Morgan fingerprint density at radius 3 is 1.92 bits per heavy atom. The Labute approximate surface area is 154 Å². The fraction of sp³-hybridized carbons (Fsp3) is 0.526. The van der Waals surface area contributed by atoms with Gasteiger partial charge in [0.1, 0.15) is 0 Å². The third kappa shape index (κ3) is 7.23. The predicted octanol–water partition coefficient (Wildman–Crippen LogP) is 1.92. The van der Waals surface area contributed by atoms with E-state index < -0.39 is 11.9 Å². The molecule has 0 bridgehead atoms. The number of carbonyl (C=O) groups excluding carboxylic acids is 1. The van der Waals surface area contributed by atoms with Crippen LogP contribution in [-0.4, -0.2) is 64.0 Å². The molecule has 1 aliphatic rings. The molecule has 0 aliphatic carbocycles. The molecule has 1 amide bonds. The van der Waals surface area contributed by atoms with E-state index in [4.69, 9.17) is 19.8 Å². The summed E-state index contributed by atoms with van der Waals surface area (Å²) in [4.78, 5) is 35.0. The lowest BCUT2D eigenvalue weighted by Gasteiger charge is -2.33. The van der Waals surface area contributed by atoms with Crippen molar-refractivity contribution < 1.29 is 24.6 Å². The van der Waals surface area contributed by atoms with Gasteiger partial charge in [0.2, 0.25) is 5.91 Å². The van der Waals surface area contributed by atoms with E-state index in [0.29, 0.717) is 5.91 Å². The molecule has 0 spiro atoms. The number of benzene rings is 1. The van der Waals surface area contributed by atoms with Gasteiger partial charge in [-0.25, -0.2) is 9.59 Å². The third-order valence-electron chi connectivity index (χ3n) is 4.44. The van der Waals surface area contributed by atoms with Crippen LogP contribution in [0.2, 0.25) is 0 Å². The monoisotopic (exact) mass is 364 g/mol. The van der Waals surface area contributed by atoms with Gasteiger partial charge in [-0.2, -0.15) is 0 Å². The maximum absolute atomic E-state index is 12.3. The van der Waals surface area contributed by atoms with E-state index in [1.165, 1.54) is 5.56 Å². The van der Waals surface area contributed by atoms with Crippen molar-refractivity contribution in [3.05, 3.63) is 35.9 Å². The summed E-state index contributed by atoms with van der Waals surface area (Å²) in [7, 11) is 0. The SMILES string of the molecule is CCN(CC)C(=O)C1CCN(Cc2ccccc2)CC1.O=C(O)C(=O)O. The van der Waals surface area contributed by atoms with Gasteiger partial charge in [-0.05, 0) is 45.3 Å². The second-order valence-corrected chi connectivity index (χ2v) is 6.16. The molecule has 1 fully saturated rings. The highest BCUT2D eigenvalue weighted by molar-refractivity contribution is 6.27. The van der Waals surface area contributed by atoms with E-state index in [2.05, 4.69) is 49.1 Å². The predicted molar refractivity (Wildman–Crippen MR) is 97.6 cm³/mol. The molecule has 26 heavy (non-hydrogen) atoms. The fourth-order valence-electron chi connectivity index (χ4n) is 2.97. The molecule has 7 nitrogen and oxygen atoms in total. The third-order valence-corrected chi connectivity index (χ3v) is 4.44. The molecule has 7 heteroatoms. The number of carboxylic acids is 2. The number of rotatable bonds is 5. The maximum atomic E-state index is 12.3. The number of carboxylic acid groups (broad SMARTS) is 2. The summed E-state index contributed by atoms with van der Waals surface area (Å²) in [6.45, 7) is 8.86. The lowest BCUT2D eigenvalue weighted by molar-refractivity contribution is -0.159. The zero-order valence-corrected chi connectivity index (χ0v) is 15.4. The minimum atomic E-state index is -1.82. The summed E-state index contributed by atoms with van der Waals surface area (Å²) in [5, 5.41) is 14.8. The van der Waals surface area contributed by atoms with Gasteiger partial charge in [-0.3, -0.25) is 9.69 Å². The summed E-state index contributed by atoms with van der Waals surface area (Å²) in [5.74, 6) is -3.05. The van der Waals surface area contributed by atoms with E-state index in [0.717, 1.165) is 45.6 Å². The zero-order chi connectivity index (χ0) is 19.5. The molecule has 1 aromatic rings. The minimum Gasteiger partial charge on any atom is -0.473 e. The van der Waals surface area contributed by atoms with Crippen LogP contribution in [-0.2, 0) is 20.9 Å². The Morgan fingerprint density at radius 1 is 1.00 bits per heavy atom. The van der Waals surface area contributed by atoms with E-state index >= 15 is 0 Å². The summed E-state index contributed by atoms with van der Waals surface area (Å²) < 4.78 is 0. The Hall–Kier alpha value is -2.41. The molecular formula is C19H28N2O5. The number of aliphatic carboxylic acids is 2. The molecule has 2 rings (SSSR count). The number of nitrogens with zero attached hydrogens (tertiary/aromatic N) is 2. The van der Waals surface area contributed by atoms with Crippen LogP contribution in [0.4, 0.5) is 0 Å². The molecule has 1 aromatic carbocycles. The van der Waals surface area contributed by atoms with Gasteiger partial charge in [-0.1, -0.05) is 30.3 Å². The molecule has 0 aromatic heterocycles. The number of carbonyl (C=O) groups is 3. The normalized spacial score (nSPS) is 14.8. The molecule has 0 atom stereocenters. The quantitative estimate of drug-likeness (QED) is 0.775. The summed E-state index contributed by atoms with van der Waals surface area (Å²) in [5.41, 5.74) is 1.36. The summed E-state index contributed by atoms with van der Waals surface area (Å²) in [6, 6.07) is 10.6. The van der Waals surface area contributed by atoms with Crippen LogP contribution in [0, 0.1) is 5.92 Å². The topological polar surface area (TPSA) is 98.2 Å². The van der Waals surface area contributed by atoms with Crippen LogP contribution < -0.4 is 0 Å². The van der Waals surface area contributed by atoms with Gasteiger partial charge in [0.05, 0.1) is 0 Å². The number of amides is 1. The number of piperidine rings is 1. The highest BCUT2D eigenvalue weighted by Crippen LogP contribution is 2.21. The lowest BCUT2D eigenvalue weighted by Crippen LogP contribution is -2.42. The van der Waals surface area contributed by atoms with Crippen molar-refractivity contribution in [2.24, 2.45) is 5.92 Å². The standard InChI is InChI=1S/C17H26N2O.C2H2O4/c1-3-19(4-2)17(20)16-10-12-18(13-11-16)14-15-8-6-5-7-9-15;3-1(4)2(5)6/h5-9,16H,3-4,10-14H2,1-2H3;(H,3,4)(H,5,6). The van der Waals surface area contributed by atoms with Crippen LogP contribution in [0.25, 0.3) is 0 Å². The Kier molecular flexibility index (Phi) is 9.36. The Bertz CT molecular complexity index is 567. The minimum absolute atomic E-state index is 0.238. The maximum Gasteiger partial charge on any atom is 0.414 e. The van der Waals surface area contributed by atoms with Crippen molar-refractivity contribution in [3.63, 3.8) is 0 Å². The van der Waals surface area contributed by atoms with E-state index in [-0.39, 0.29) is 5.92 Å². The van der Waals surface area contributed by atoms with Crippen molar-refractivity contribution in [1.82, 2.24) is 9.80 Å². The van der Waals surface area contributed by atoms with E-state index in [9.17, 15) is 4.79 Å². The molecular weight excluding hydrogens is 336 g/mol. The molecule has 0 saturated carbocycles. The Morgan fingerprint density at radius 2 is 1.50 bits per heavy atom. The van der Waals surface area contributed by atoms with Crippen molar-refractivity contribution in [2.75, 3.05) is 26.2 Å². The molecule has 0 unspecified atom stereocenters. The van der Waals surface area contributed by atoms with Gasteiger partial charge in [0.15, 0.2) is 0 Å². The first-order chi connectivity index (χ1) is 12.4. The second kappa shape index (κ2) is 11.3. The number of hydrogen-bond acceptors (Lipinski definition) is 4. The molecule has 1 heterocycles. The average Bonchev–Trinajstić information content (AvgIpc) is 2.64. The van der Waals surface area contributed by atoms with E-state index in [1.54, 1.807) is 0 Å². The Balaban J connectivity index is 0.000000487. The molecule has 0 radical (unpaired) electrons. The molecule has 144 valence electrons. The van der Waals surface area contributed by atoms with Gasteiger partial charge < -0.3 is 15.1 Å². The van der Waals surface area contributed by atoms with E-state index in [1.807, 2.05) is 4.90 Å². The fourth-order valence-corrected chi connectivity index (χ4v) is 2.97. The van der Waals surface area contributed by atoms with Gasteiger partial charge in [-0.15, -0.1) is 0 Å². The zero-order valence-electron chi connectivity index (χ0n) is 15.4. The first kappa shape index (κ1) is 21.6. The lowest BCUT2D eigenvalue weighted by atomic mass is 9.95. The van der Waals surface area contributed by atoms with Crippen LogP contribution >= 0.6 is 0 Å². The van der Waals surface area contributed by atoms with Crippen molar-refractivity contribution in [3.8, 4) is 0 Å². The highest BCUT2D eigenvalue weighted by Gasteiger charge is 2.27. The van der Waals surface area contributed by atoms with Crippen molar-refractivity contribution in [1.29, 1.82) is 0 Å². The largest absolute Gasteiger partial charge is 0.473 e. The van der Waals surface area contributed by atoms with Crippen LogP contribution in [0.15, 0.2) is 30.3 Å². The highest BCUT2D eigenvalue weighted by atomic mass is 16.4. The second-order valence-electron chi connectivity index (χ2n) is 6.16. The number of likely N-dealkylation sites (tertiary alicyclic amines) is 1. The smallest absolute Gasteiger partial charge is 0.414 e. The van der Waals surface area contributed by atoms with Gasteiger partial charge in [0.25, 0.3) is 0 Å². The average molecular weight is 364 g/mol. The first-order valence-corrected chi connectivity index (χ1v) is 8.90. The number of hydrogen-bond donors (Lipinski definition) is 2. The van der Waals surface area contributed by atoms with Crippen LogP contribution in [0.1, 0.15) is 32.3 Å². The van der Waals surface area contributed by atoms with Crippen LogP contribution in [0.5, 0.6) is 0 Å². The molecule has 1 aliphatic heterocycles. The van der Waals surface area contributed by atoms with Gasteiger partial charge in [0, 0.05) is 25.6 Å². The summed E-state index contributed by atoms with van der Waals surface area (Å²) >= 11 is 0. The van der Waals surface area contributed by atoms with Crippen molar-refractivity contribution in [2.45, 2.75) is 33.2 Å². The van der Waals surface area contributed by atoms with Crippen LogP contribution in [0.3, 0.4) is 0 Å². The van der Waals surface area contributed by atoms with Crippen molar-refractivity contribution >= 4 is 17.8 Å². The molecule has 1 saturated heterocycles. The molecule has 2 N–H and O–H groups in total.